The molecule has 1 aromatic carbocycles. The van der Waals surface area contributed by atoms with Crippen molar-refractivity contribution in [2.45, 2.75) is 44.1 Å². The number of hydrogen-bond acceptors (Lipinski definition) is 2. The van der Waals surface area contributed by atoms with Gasteiger partial charge < -0.3 is 0 Å². The Balaban J connectivity index is 2.04. The first-order valence-corrected chi connectivity index (χ1v) is 6.65. The van der Waals surface area contributed by atoms with Gasteiger partial charge in [-0.15, -0.1) is 0 Å². The third-order valence-electron chi connectivity index (χ3n) is 4.20. The molecule has 1 aliphatic heterocycles. The highest BCUT2D eigenvalue weighted by atomic mass is 16.2. The Morgan fingerprint density at radius 1 is 0.944 bits per heavy atom. The van der Waals surface area contributed by atoms with Crippen LogP contribution in [0.3, 0.4) is 0 Å². The molecule has 1 aromatic rings. The summed E-state index contributed by atoms with van der Waals surface area (Å²) < 4.78 is 0. The Morgan fingerprint density at radius 2 is 1.61 bits per heavy atom. The van der Waals surface area contributed by atoms with Gasteiger partial charge in [-0.2, -0.15) is 0 Å². The second-order valence-electron chi connectivity index (χ2n) is 5.26. The molecular weight excluding hydrogens is 226 g/mol. The fourth-order valence-corrected chi connectivity index (χ4v) is 3.35. The maximum Gasteiger partial charge on any atom is 0.235 e. The lowest BCUT2D eigenvalue weighted by Gasteiger charge is -2.39. The van der Waals surface area contributed by atoms with E-state index >= 15 is 0 Å². The highest BCUT2D eigenvalue weighted by Gasteiger charge is 2.52. The number of nitrogens with zero attached hydrogens (tertiary/aromatic N) is 1. The first-order valence-electron chi connectivity index (χ1n) is 6.65. The van der Waals surface area contributed by atoms with Crippen molar-refractivity contribution in [2.24, 2.45) is 0 Å². The van der Waals surface area contributed by atoms with Crippen molar-refractivity contribution in [3.8, 4) is 0 Å². The Bertz CT molecular complexity index is 475. The van der Waals surface area contributed by atoms with Gasteiger partial charge in [0, 0.05) is 5.69 Å². The van der Waals surface area contributed by atoms with Gasteiger partial charge in [-0.05, 0) is 25.0 Å². The average Bonchev–Trinajstić information content (AvgIpc) is 2.63. The van der Waals surface area contributed by atoms with Gasteiger partial charge in [-0.3, -0.25) is 14.5 Å². The molecule has 0 radical (unpaired) electrons. The Morgan fingerprint density at radius 3 is 2.28 bits per heavy atom. The molecule has 0 atom stereocenters. The molecule has 1 saturated carbocycles. The van der Waals surface area contributed by atoms with Crippen LogP contribution < -0.4 is 4.90 Å². The Hall–Kier alpha value is -1.64. The summed E-state index contributed by atoms with van der Waals surface area (Å²) in [5.41, 5.74) is 0.340. The highest BCUT2D eigenvalue weighted by Crippen LogP contribution is 2.42. The maximum atomic E-state index is 12.3. The van der Waals surface area contributed by atoms with Crippen LogP contribution in [-0.4, -0.2) is 17.2 Å². The number of benzene rings is 1. The highest BCUT2D eigenvalue weighted by molar-refractivity contribution is 6.19. The lowest BCUT2D eigenvalue weighted by Crippen LogP contribution is -2.51. The molecule has 0 N–H and O–H groups in total. The van der Waals surface area contributed by atoms with Crippen molar-refractivity contribution in [1.82, 2.24) is 0 Å². The average molecular weight is 243 g/mol. The summed E-state index contributed by atoms with van der Waals surface area (Å²) in [6.07, 6.45) is 4.99. The monoisotopic (exact) mass is 243 g/mol. The van der Waals surface area contributed by atoms with Crippen molar-refractivity contribution in [1.29, 1.82) is 0 Å². The fraction of sp³-hybridized carbons (Fsp3) is 0.467. The van der Waals surface area contributed by atoms with Crippen LogP contribution in [0, 0.1) is 0 Å². The minimum atomic E-state index is -0.531. The summed E-state index contributed by atoms with van der Waals surface area (Å²) in [6, 6.07) is 9.61. The van der Waals surface area contributed by atoms with Crippen molar-refractivity contribution in [3.05, 3.63) is 30.3 Å². The summed E-state index contributed by atoms with van der Waals surface area (Å²) in [6.45, 7) is 0. The number of ketones is 1. The molecule has 18 heavy (non-hydrogen) atoms. The topological polar surface area (TPSA) is 37.4 Å². The van der Waals surface area contributed by atoms with Gasteiger partial charge in [0.05, 0.1) is 6.42 Å². The SMILES string of the molecule is O=C1CC(=O)C2(CCCCC2)N1c1ccccc1. The van der Waals surface area contributed by atoms with Gasteiger partial charge in [0.2, 0.25) is 5.91 Å². The number of hydrogen-bond donors (Lipinski definition) is 0. The van der Waals surface area contributed by atoms with Crippen molar-refractivity contribution >= 4 is 17.4 Å². The Labute approximate surface area is 107 Å². The summed E-state index contributed by atoms with van der Waals surface area (Å²) in [7, 11) is 0. The summed E-state index contributed by atoms with van der Waals surface area (Å²) in [5.74, 6) is 0.0872. The first kappa shape index (κ1) is 11.5. The molecule has 0 bridgehead atoms. The largest absolute Gasteiger partial charge is 0.299 e. The van der Waals surface area contributed by atoms with E-state index in [2.05, 4.69) is 0 Å². The second kappa shape index (κ2) is 4.23. The molecule has 2 aliphatic rings. The van der Waals surface area contributed by atoms with E-state index in [0.717, 1.165) is 31.4 Å². The minimum absolute atomic E-state index is 0.0342. The number of para-hydroxylation sites is 1. The third kappa shape index (κ3) is 1.57. The summed E-state index contributed by atoms with van der Waals surface area (Å²) in [5, 5.41) is 0. The number of Topliss-reactive ketones (excluding diaryl/α,β-unsaturated/α-hetero) is 1. The van der Waals surface area contributed by atoms with E-state index in [1.54, 1.807) is 4.90 Å². The summed E-state index contributed by atoms with van der Waals surface area (Å²) in [4.78, 5) is 26.2. The molecule has 1 aliphatic carbocycles. The van der Waals surface area contributed by atoms with Gasteiger partial charge in [0.25, 0.3) is 0 Å². The van der Waals surface area contributed by atoms with E-state index in [1.165, 1.54) is 6.42 Å². The number of carbonyl (C=O) groups excluding carboxylic acids is 2. The number of anilines is 1. The molecular formula is C15H17NO2. The predicted molar refractivity (Wildman–Crippen MR) is 69.4 cm³/mol. The van der Waals surface area contributed by atoms with Crippen molar-refractivity contribution < 1.29 is 9.59 Å². The van der Waals surface area contributed by atoms with E-state index in [1.807, 2.05) is 30.3 Å². The number of carbonyl (C=O) groups is 2. The first-order chi connectivity index (χ1) is 8.74. The summed E-state index contributed by atoms with van der Waals surface area (Å²) >= 11 is 0. The Kier molecular flexibility index (Phi) is 2.69. The van der Waals surface area contributed by atoms with Crippen LogP contribution in [-0.2, 0) is 9.59 Å². The molecule has 3 nitrogen and oxygen atoms in total. The van der Waals surface area contributed by atoms with Crippen LogP contribution >= 0.6 is 0 Å². The van der Waals surface area contributed by atoms with Crippen LogP contribution in [0.4, 0.5) is 5.69 Å². The van der Waals surface area contributed by atoms with Crippen LogP contribution in [0.2, 0.25) is 0 Å². The van der Waals surface area contributed by atoms with Gasteiger partial charge >= 0.3 is 0 Å². The second-order valence-corrected chi connectivity index (χ2v) is 5.26. The zero-order valence-electron chi connectivity index (χ0n) is 10.4. The lowest BCUT2D eigenvalue weighted by atomic mass is 9.79. The fourth-order valence-electron chi connectivity index (χ4n) is 3.35. The van der Waals surface area contributed by atoms with E-state index in [-0.39, 0.29) is 18.1 Å². The smallest absolute Gasteiger partial charge is 0.235 e. The van der Waals surface area contributed by atoms with E-state index in [4.69, 9.17) is 0 Å². The van der Waals surface area contributed by atoms with E-state index < -0.39 is 5.54 Å². The standard InChI is InChI=1S/C15H17NO2/c17-13-11-14(18)16(12-7-3-1-4-8-12)15(13)9-5-2-6-10-15/h1,3-4,7-8H,2,5-6,9-11H2. The molecule has 94 valence electrons. The predicted octanol–water partition coefficient (Wildman–Crippen LogP) is 2.70. The van der Waals surface area contributed by atoms with E-state index in [0.29, 0.717) is 0 Å². The number of rotatable bonds is 1. The maximum absolute atomic E-state index is 12.3. The lowest BCUT2D eigenvalue weighted by molar-refractivity contribution is -0.123. The molecule has 1 amide bonds. The van der Waals surface area contributed by atoms with Crippen LogP contribution in [0.1, 0.15) is 38.5 Å². The van der Waals surface area contributed by atoms with Crippen LogP contribution in [0.5, 0.6) is 0 Å². The molecule has 3 heteroatoms. The molecule has 1 heterocycles. The number of amides is 1. The van der Waals surface area contributed by atoms with E-state index in [9.17, 15) is 9.59 Å². The van der Waals surface area contributed by atoms with Crippen LogP contribution in [0.25, 0.3) is 0 Å². The molecule has 1 spiro atoms. The van der Waals surface area contributed by atoms with Gasteiger partial charge in [-0.25, -0.2) is 0 Å². The van der Waals surface area contributed by atoms with Gasteiger partial charge in [0.15, 0.2) is 5.78 Å². The molecule has 3 rings (SSSR count). The van der Waals surface area contributed by atoms with Crippen LogP contribution in [0.15, 0.2) is 30.3 Å². The van der Waals surface area contributed by atoms with Gasteiger partial charge in [0.1, 0.15) is 5.54 Å². The zero-order chi connectivity index (χ0) is 12.6. The zero-order valence-corrected chi connectivity index (χ0v) is 10.4. The molecule has 0 unspecified atom stereocenters. The third-order valence-corrected chi connectivity index (χ3v) is 4.20. The molecule has 1 saturated heterocycles. The normalized spacial score (nSPS) is 22.8. The molecule has 0 aromatic heterocycles. The van der Waals surface area contributed by atoms with Crippen molar-refractivity contribution in [2.75, 3.05) is 4.90 Å². The minimum Gasteiger partial charge on any atom is -0.299 e. The van der Waals surface area contributed by atoms with Crippen molar-refractivity contribution in [3.63, 3.8) is 0 Å². The molecule has 2 fully saturated rings. The quantitative estimate of drug-likeness (QED) is 0.711. The van der Waals surface area contributed by atoms with Gasteiger partial charge in [-0.1, -0.05) is 37.5 Å².